The molecule has 0 radical (unpaired) electrons. The van der Waals surface area contributed by atoms with Crippen molar-refractivity contribution in [2.45, 2.75) is 31.7 Å². The molecule has 1 heterocycles. The second kappa shape index (κ2) is 5.19. The van der Waals surface area contributed by atoms with Crippen molar-refractivity contribution in [1.82, 2.24) is 4.90 Å². The highest BCUT2D eigenvalue weighted by molar-refractivity contribution is 5.73. The highest BCUT2D eigenvalue weighted by atomic mass is 16.4. The topological polar surface area (TPSA) is 66.6 Å². The summed E-state index contributed by atoms with van der Waals surface area (Å²) in [5, 5.41) is 8.63. The Kier molecular flexibility index (Phi) is 4.18. The Bertz CT molecular complexity index is 165. The molecule has 0 aromatic heterocycles. The maximum Gasteiger partial charge on any atom is 0.321 e. The Hall–Kier alpha value is -0.610. The van der Waals surface area contributed by atoms with Crippen molar-refractivity contribution in [3.63, 3.8) is 0 Å². The molecule has 1 aliphatic heterocycles. The lowest BCUT2D eigenvalue weighted by molar-refractivity contribution is -0.139. The van der Waals surface area contributed by atoms with E-state index in [4.69, 9.17) is 10.8 Å². The summed E-state index contributed by atoms with van der Waals surface area (Å²) in [5.41, 5.74) is 5.46. The molecule has 1 atom stereocenters. The van der Waals surface area contributed by atoms with Gasteiger partial charge in [-0.25, -0.2) is 0 Å². The van der Waals surface area contributed by atoms with E-state index in [1.807, 2.05) is 0 Å². The SMILES string of the molecule is N[C@@H](CN1CCCCCC1)C(=O)O. The Balaban J connectivity index is 2.29. The number of aliphatic carboxylic acids is 1. The molecule has 1 saturated heterocycles. The molecule has 0 aromatic carbocycles. The fourth-order valence-electron chi connectivity index (χ4n) is 1.68. The number of carboxylic acid groups (broad SMARTS) is 1. The smallest absolute Gasteiger partial charge is 0.321 e. The number of nitrogens with two attached hydrogens (primary N) is 1. The summed E-state index contributed by atoms with van der Waals surface area (Å²) < 4.78 is 0. The number of nitrogens with zero attached hydrogens (tertiary/aromatic N) is 1. The Morgan fingerprint density at radius 2 is 1.85 bits per heavy atom. The zero-order chi connectivity index (χ0) is 9.68. The standard InChI is InChI=1S/C9H18N2O2/c10-8(9(12)13)7-11-5-3-1-2-4-6-11/h8H,1-7,10H2,(H,12,13)/t8-/m0/s1. The fourth-order valence-corrected chi connectivity index (χ4v) is 1.68. The minimum atomic E-state index is -0.899. The van der Waals surface area contributed by atoms with E-state index in [1.54, 1.807) is 0 Å². The maximum absolute atomic E-state index is 10.5. The van der Waals surface area contributed by atoms with E-state index >= 15 is 0 Å². The van der Waals surface area contributed by atoms with Crippen molar-refractivity contribution >= 4 is 5.97 Å². The van der Waals surface area contributed by atoms with Gasteiger partial charge in [0.2, 0.25) is 0 Å². The quantitative estimate of drug-likeness (QED) is 0.664. The number of carbonyl (C=O) groups is 1. The monoisotopic (exact) mass is 186 g/mol. The van der Waals surface area contributed by atoms with Gasteiger partial charge in [0.05, 0.1) is 0 Å². The summed E-state index contributed by atoms with van der Waals surface area (Å²) in [6, 6.07) is -0.724. The van der Waals surface area contributed by atoms with Gasteiger partial charge in [0.1, 0.15) is 6.04 Å². The molecule has 1 aliphatic rings. The molecule has 3 N–H and O–H groups in total. The predicted octanol–water partition coefficient (Wildman–Crippen LogP) is 0.274. The van der Waals surface area contributed by atoms with Crippen molar-refractivity contribution in [3.8, 4) is 0 Å². The molecule has 0 aromatic rings. The molecule has 13 heavy (non-hydrogen) atoms. The van der Waals surface area contributed by atoms with E-state index < -0.39 is 12.0 Å². The van der Waals surface area contributed by atoms with Gasteiger partial charge in [0.15, 0.2) is 0 Å². The normalized spacial score (nSPS) is 22.2. The summed E-state index contributed by atoms with van der Waals surface area (Å²) in [4.78, 5) is 12.7. The van der Waals surface area contributed by atoms with Crippen LogP contribution < -0.4 is 5.73 Å². The van der Waals surface area contributed by atoms with Crippen LogP contribution in [0.3, 0.4) is 0 Å². The van der Waals surface area contributed by atoms with Gasteiger partial charge in [0.25, 0.3) is 0 Å². The van der Waals surface area contributed by atoms with Crippen molar-refractivity contribution in [3.05, 3.63) is 0 Å². The highest BCUT2D eigenvalue weighted by Crippen LogP contribution is 2.09. The molecule has 0 unspecified atom stereocenters. The molecule has 4 heteroatoms. The molecule has 0 aliphatic carbocycles. The number of hydrogen-bond acceptors (Lipinski definition) is 3. The average Bonchev–Trinajstić information content (AvgIpc) is 2.32. The average molecular weight is 186 g/mol. The number of rotatable bonds is 3. The first-order valence-electron chi connectivity index (χ1n) is 4.91. The number of carboxylic acids is 1. The summed E-state index contributed by atoms with van der Waals surface area (Å²) in [6.45, 7) is 2.50. The zero-order valence-electron chi connectivity index (χ0n) is 7.91. The van der Waals surface area contributed by atoms with Crippen molar-refractivity contribution in [2.75, 3.05) is 19.6 Å². The third-order valence-electron chi connectivity index (χ3n) is 2.47. The van der Waals surface area contributed by atoms with Crippen molar-refractivity contribution in [2.24, 2.45) is 5.73 Å². The van der Waals surface area contributed by atoms with Gasteiger partial charge < -0.3 is 15.7 Å². The molecule has 76 valence electrons. The van der Waals surface area contributed by atoms with E-state index in [9.17, 15) is 4.79 Å². The zero-order valence-corrected chi connectivity index (χ0v) is 7.91. The molecule has 0 amide bonds. The fraction of sp³-hybridized carbons (Fsp3) is 0.889. The lowest BCUT2D eigenvalue weighted by atomic mass is 10.2. The lowest BCUT2D eigenvalue weighted by Crippen LogP contribution is -2.43. The summed E-state index contributed by atoms with van der Waals surface area (Å²) in [7, 11) is 0. The molecular formula is C9H18N2O2. The van der Waals surface area contributed by atoms with Crippen LogP contribution in [0.2, 0.25) is 0 Å². The second-order valence-corrected chi connectivity index (χ2v) is 3.66. The lowest BCUT2D eigenvalue weighted by Gasteiger charge is -2.21. The first kappa shape index (κ1) is 10.5. The van der Waals surface area contributed by atoms with E-state index in [0.717, 1.165) is 13.1 Å². The largest absolute Gasteiger partial charge is 0.480 e. The molecule has 1 rings (SSSR count). The van der Waals surface area contributed by atoms with Crippen LogP contribution in [0.15, 0.2) is 0 Å². The number of likely N-dealkylation sites (tertiary alicyclic amines) is 1. The van der Waals surface area contributed by atoms with Crippen molar-refractivity contribution in [1.29, 1.82) is 0 Å². The van der Waals surface area contributed by atoms with Crippen LogP contribution in [0.5, 0.6) is 0 Å². The minimum Gasteiger partial charge on any atom is -0.480 e. The van der Waals surface area contributed by atoms with Crippen LogP contribution in [0, 0.1) is 0 Å². The minimum absolute atomic E-state index is 0.495. The van der Waals surface area contributed by atoms with Crippen LogP contribution in [0.4, 0.5) is 0 Å². The third-order valence-corrected chi connectivity index (χ3v) is 2.47. The van der Waals surface area contributed by atoms with E-state index in [0.29, 0.717) is 6.54 Å². The van der Waals surface area contributed by atoms with E-state index in [1.165, 1.54) is 25.7 Å². The second-order valence-electron chi connectivity index (χ2n) is 3.66. The maximum atomic E-state index is 10.5. The van der Waals surface area contributed by atoms with E-state index in [-0.39, 0.29) is 0 Å². The summed E-state index contributed by atoms with van der Waals surface area (Å²) in [6.07, 6.45) is 4.87. The van der Waals surface area contributed by atoms with Gasteiger partial charge in [-0.3, -0.25) is 4.79 Å². The molecule has 1 fully saturated rings. The summed E-state index contributed by atoms with van der Waals surface area (Å²) in [5.74, 6) is -0.899. The van der Waals surface area contributed by atoms with Gasteiger partial charge in [-0.15, -0.1) is 0 Å². The van der Waals surface area contributed by atoms with Crippen LogP contribution >= 0.6 is 0 Å². The Morgan fingerprint density at radius 3 is 2.31 bits per heavy atom. The van der Waals surface area contributed by atoms with Gasteiger partial charge in [0, 0.05) is 6.54 Å². The summed E-state index contributed by atoms with van der Waals surface area (Å²) >= 11 is 0. The Labute approximate surface area is 78.7 Å². The Morgan fingerprint density at radius 1 is 1.31 bits per heavy atom. The third kappa shape index (κ3) is 3.74. The van der Waals surface area contributed by atoms with Gasteiger partial charge in [-0.05, 0) is 25.9 Å². The van der Waals surface area contributed by atoms with Crippen LogP contribution in [-0.2, 0) is 4.79 Å². The van der Waals surface area contributed by atoms with E-state index in [2.05, 4.69) is 4.90 Å². The van der Waals surface area contributed by atoms with Crippen LogP contribution in [0.1, 0.15) is 25.7 Å². The molecule has 0 bridgehead atoms. The van der Waals surface area contributed by atoms with Crippen molar-refractivity contribution < 1.29 is 9.90 Å². The van der Waals surface area contributed by atoms with Gasteiger partial charge >= 0.3 is 5.97 Å². The van der Waals surface area contributed by atoms with Crippen LogP contribution in [-0.4, -0.2) is 41.7 Å². The highest BCUT2D eigenvalue weighted by Gasteiger charge is 2.17. The molecule has 0 saturated carbocycles. The number of hydrogen-bond donors (Lipinski definition) is 2. The molecular weight excluding hydrogens is 168 g/mol. The van der Waals surface area contributed by atoms with Gasteiger partial charge in [-0.1, -0.05) is 12.8 Å². The first-order valence-corrected chi connectivity index (χ1v) is 4.91. The molecule has 0 spiro atoms. The van der Waals surface area contributed by atoms with Crippen LogP contribution in [0.25, 0.3) is 0 Å². The van der Waals surface area contributed by atoms with Gasteiger partial charge in [-0.2, -0.15) is 0 Å². The predicted molar refractivity (Wildman–Crippen MR) is 50.5 cm³/mol. The first-order chi connectivity index (χ1) is 6.20. The molecule has 4 nitrogen and oxygen atoms in total.